The van der Waals surface area contributed by atoms with Gasteiger partial charge in [-0.1, -0.05) is 12.1 Å². The molecule has 0 bridgehead atoms. The maximum absolute atomic E-state index is 12.5. The number of para-hydroxylation sites is 1. The van der Waals surface area contributed by atoms with Gasteiger partial charge in [0.25, 0.3) is 5.69 Å². The number of nitrogens with zero attached hydrogens (tertiary/aromatic N) is 1. The minimum Gasteiger partial charge on any atom is -0.489 e. The van der Waals surface area contributed by atoms with E-state index in [1.165, 1.54) is 13.8 Å². The van der Waals surface area contributed by atoms with Crippen molar-refractivity contribution in [2.75, 3.05) is 13.2 Å². The molecule has 29 heavy (non-hydrogen) atoms. The van der Waals surface area contributed by atoms with Crippen molar-refractivity contribution in [1.82, 2.24) is 0 Å². The van der Waals surface area contributed by atoms with Crippen LogP contribution < -0.4 is 4.74 Å². The third-order valence-electron chi connectivity index (χ3n) is 4.03. The Morgan fingerprint density at radius 3 is 2.28 bits per heavy atom. The average Bonchev–Trinajstić information content (AvgIpc) is 2.70. The summed E-state index contributed by atoms with van der Waals surface area (Å²) in [5.41, 5.74) is 0.120. The van der Waals surface area contributed by atoms with Crippen molar-refractivity contribution < 1.29 is 32.4 Å². The Kier molecular flexibility index (Phi) is 7.05. The topological polar surface area (TPSA) is 130 Å². The van der Waals surface area contributed by atoms with Crippen LogP contribution in [0, 0.1) is 10.1 Å². The van der Waals surface area contributed by atoms with Crippen LogP contribution in [0.15, 0.2) is 53.4 Å². The van der Waals surface area contributed by atoms with Crippen molar-refractivity contribution in [3.05, 3.63) is 64.2 Å². The molecular weight excluding hydrogens is 402 g/mol. The van der Waals surface area contributed by atoms with E-state index in [0.29, 0.717) is 11.3 Å². The fraction of sp³-hybridized carbons (Fsp3) is 0.263. The second-order valence-corrected chi connectivity index (χ2v) is 8.28. The summed E-state index contributed by atoms with van der Waals surface area (Å²) in [6.07, 6.45) is 0. The predicted molar refractivity (Wildman–Crippen MR) is 103 cm³/mol. The van der Waals surface area contributed by atoms with Crippen molar-refractivity contribution in [2.45, 2.75) is 24.0 Å². The molecule has 0 aliphatic heterocycles. The fourth-order valence-corrected chi connectivity index (χ4v) is 3.63. The lowest BCUT2D eigenvalue weighted by molar-refractivity contribution is -0.384. The lowest BCUT2D eigenvalue weighted by atomic mass is 10.1. The standard InChI is InChI=1S/C19H19NO8S/c1-13(21)17-5-3-4-6-18(17)27-11-12-28-19(22)14(2)29(25,26)16-9-7-15(8-10-16)20(23)24/h3-10,14H,11-12H2,1-2H3/t14-/m0/s1. The van der Waals surface area contributed by atoms with Gasteiger partial charge in [0, 0.05) is 12.1 Å². The molecule has 2 aromatic rings. The van der Waals surface area contributed by atoms with Gasteiger partial charge in [0.05, 0.1) is 15.4 Å². The zero-order valence-electron chi connectivity index (χ0n) is 15.7. The van der Waals surface area contributed by atoms with Gasteiger partial charge in [-0.2, -0.15) is 0 Å². The predicted octanol–water partition coefficient (Wildman–Crippen LogP) is 2.58. The van der Waals surface area contributed by atoms with Crippen LogP contribution in [0.4, 0.5) is 5.69 Å². The highest BCUT2D eigenvalue weighted by atomic mass is 32.2. The zero-order valence-corrected chi connectivity index (χ0v) is 16.5. The molecule has 0 fully saturated rings. The van der Waals surface area contributed by atoms with E-state index < -0.39 is 26.0 Å². The van der Waals surface area contributed by atoms with E-state index in [9.17, 15) is 28.1 Å². The summed E-state index contributed by atoms with van der Waals surface area (Å²) in [5, 5.41) is 9.16. The first-order valence-electron chi connectivity index (χ1n) is 8.52. The van der Waals surface area contributed by atoms with Crippen LogP contribution in [0.1, 0.15) is 24.2 Å². The highest BCUT2D eigenvalue weighted by Crippen LogP contribution is 2.21. The summed E-state index contributed by atoms with van der Waals surface area (Å²) in [7, 11) is -4.07. The Hall–Kier alpha value is -3.27. The minimum atomic E-state index is -4.07. The number of benzene rings is 2. The van der Waals surface area contributed by atoms with Crippen molar-refractivity contribution in [1.29, 1.82) is 0 Å². The van der Waals surface area contributed by atoms with Gasteiger partial charge in [-0.3, -0.25) is 19.7 Å². The van der Waals surface area contributed by atoms with Gasteiger partial charge in [0.2, 0.25) is 0 Å². The summed E-state index contributed by atoms with van der Waals surface area (Å²) < 4.78 is 35.4. The molecule has 0 heterocycles. The summed E-state index contributed by atoms with van der Waals surface area (Å²) >= 11 is 0. The lowest BCUT2D eigenvalue weighted by Crippen LogP contribution is -2.30. The van der Waals surface area contributed by atoms with Gasteiger partial charge in [-0.15, -0.1) is 0 Å². The van der Waals surface area contributed by atoms with Gasteiger partial charge in [-0.05, 0) is 38.1 Å². The Bertz CT molecular complexity index is 1010. The first kappa shape index (κ1) is 22.0. The molecule has 0 spiro atoms. The second-order valence-electron chi connectivity index (χ2n) is 6.01. The number of hydrogen-bond donors (Lipinski definition) is 0. The second kappa shape index (κ2) is 9.28. The number of carbonyl (C=O) groups excluding carboxylic acids is 2. The Morgan fingerprint density at radius 2 is 1.69 bits per heavy atom. The van der Waals surface area contributed by atoms with Crippen molar-refractivity contribution in [3.8, 4) is 5.75 Å². The summed E-state index contributed by atoms with van der Waals surface area (Å²) in [6, 6.07) is 10.8. The van der Waals surface area contributed by atoms with Gasteiger partial charge in [0.1, 0.15) is 19.0 Å². The Labute approximate surface area is 167 Å². The molecule has 0 radical (unpaired) electrons. The number of nitro benzene ring substituents is 1. The molecule has 2 rings (SSSR count). The van der Waals surface area contributed by atoms with Crippen LogP contribution in [0.25, 0.3) is 0 Å². The molecule has 9 nitrogen and oxygen atoms in total. The highest BCUT2D eigenvalue weighted by Gasteiger charge is 2.31. The number of non-ortho nitro benzene ring substituents is 1. The molecule has 2 aromatic carbocycles. The third kappa shape index (κ3) is 5.38. The van der Waals surface area contributed by atoms with Crippen molar-refractivity contribution in [2.24, 2.45) is 0 Å². The average molecular weight is 421 g/mol. The number of rotatable bonds is 9. The van der Waals surface area contributed by atoms with Crippen LogP contribution >= 0.6 is 0 Å². The number of nitro groups is 1. The van der Waals surface area contributed by atoms with Gasteiger partial charge in [0.15, 0.2) is 20.9 Å². The molecule has 0 N–H and O–H groups in total. The van der Waals surface area contributed by atoms with Gasteiger partial charge >= 0.3 is 5.97 Å². The van der Waals surface area contributed by atoms with Gasteiger partial charge in [-0.25, -0.2) is 8.42 Å². The Morgan fingerprint density at radius 1 is 1.07 bits per heavy atom. The van der Waals surface area contributed by atoms with Crippen LogP contribution in [-0.4, -0.2) is 43.6 Å². The maximum Gasteiger partial charge on any atom is 0.324 e. The number of sulfone groups is 1. The molecular formula is C19H19NO8S. The molecule has 0 saturated carbocycles. The first-order chi connectivity index (χ1) is 13.6. The SMILES string of the molecule is CC(=O)c1ccccc1OCCOC(=O)[C@H](C)S(=O)(=O)c1ccc([N+](=O)[O-])cc1. The van der Waals surface area contributed by atoms with E-state index in [0.717, 1.165) is 24.3 Å². The molecule has 0 amide bonds. The highest BCUT2D eigenvalue weighted by molar-refractivity contribution is 7.92. The van der Waals surface area contributed by atoms with E-state index >= 15 is 0 Å². The summed E-state index contributed by atoms with van der Waals surface area (Å²) in [4.78, 5) is 33.4. The van der Waals surface area contributed by atoms with Crippen LogP contribution in [0.5, 0.6) is 5.75 Å². The largest absolute Gasteiger partial charge is 0.489 e. The molecule has 10 heteroatoms. The minimum absolute atomic E-state index is 0.0691. The number of hydrogen-bond acceptors (Lipinski definition) is 8. The smallest absolute Gasteiger partial charge is 0.324 e. The lowest BCUT2D eigenvalue weighted by Gasteiger charge is -2.14. The van der Waals surface area contributed by atoms with Gasteiger partial charge < -0.3 is 9.47 Å². The normalized spacial score (nSPS) is 12.1. The molecule has 0 aromatic heterocycles. The number of carbonyl (C=O) groups is 2. The van der Waals surface area contributed by atoms with Crippen molar-refractivity contribution in [3.63, 3.8) is 0 Å². The zero-order chi connectivity index (χ0) is 21.6. The van der Waals surface area contributed by atoms with E-state index in [1.807, 2.05) is 0 Å². The molecule has 0 unspecified atom stereocenters. The Balaban J connectivity index is 1.95. The summed E-state index contributed by atoms with van der Waals surface area (Å²) in [5.74, 6) is -0.824. The third-order valence-corrected chi connectivity index (χ3v) is 6.08. The monoisotopic (exact) mass is 421 g/mol. The van der Waals surface area contributed by atoms with E-state index in [4.69, 9.17) is 9.47 Å². The fourth-order valence-electron chi connectivity index (χ4n) is 2.38. The number of ether oxygens (including phenoxy) is 2. The van der Waals surface area contributed by atoms with Crippen molar-refractivity contribution >= 4 is 27.3 Å². The molecule has 0 aliphatic rings. The molecule has 154 valence electrons. The summed E-state index contributed by atoms with van der Waals surface area (Å²) in [6.45, 7) is 2.28. The maximum atomic E-state index is 12.5. The van der Waals surface area contributed by atoms with Crippen LogP contribution in [0.2, 0.25) is 0 Å². The van der Waals surface area contributed by atoms with E-state index in [-0.39, 0.29) is 29.6 Å². The quantitative estimate of drug-likeness (QED) is 0.199. The van der Waals surface area contributed by atoms with Crippen LogP contribution in [0.3, 0.4) is 0 Å². The number of ketones is 1. The molecule has 0 aliphatic carbocycles. The van der Waals surface area contributed by atoms with E-state index in [1.54, 1.807) is 24.3 Å². The van der Waals surface area contributed by atoms with E-state index in [2.05, 4.69) is 0 Å². The molecule has 1 atom stereocenters. The number of esters is 1. The molecule has 0 saturated heterocycles. The number of Topliss-reactive ketones (excluding diaryl/α,β-unsaturated/α-hetero) is 1. The first-order valence-corrected chi connectivity index (χ1v) is 10.1. The van der Waals surface area contributed by atoms with Crippen LogP contribution in [-0.2, 0) is 19.4 Å².